The second-order valence-corrected chi connectivity index (χ2v) is 2.03. The van der Waals surface area contributed by atoms with Gasteiger partial charge in [0.25, 0.3) is 0 Å². The molecule has 1 rings (SSSR count). The van der Waals surface area contributed by atoms with E-state index in [0.717, 1.165) is 0 Å². The van der Waals surface area contributed by atoms with Crippen molar-refractivity contribution in [2.45, 2.75) is 0 Å². The summed E-state index contributed by atoms with van der Waals surface area (Å²) in [5.41, 5.74) is 0.628. The lowest BCUT2D eigenvalue weighted by molar-refractivity contribution is 0.386. The molecule has 1 aromatic carbocycles. The first-order valence-electron chi connectivity index (χ1n) is 3.14. The molecule has 0 amide bonds. The summed E-state index contributed by atoms with van der Waals surface area (Å²) in [5, 5.41) is 0. The van der Waals surface area contributed by atoms with E-state index >= 15 is 0 Å². The summed E-state index contributed by atoms with van der Waals surface area (Å²) >= 11 is 0. The van der Waals surface area contributed by atoms with Gasteiger partial charge < -0.3 is 4.74 Å². The molecule has 11 heavy (non-hydrogen) atoms. The lowest BCUT2D eigenvalue weighted by Gasteiger charge is -2.00. The van der Waals surface area contributed by atoms with Gasteiger partial charge in [0, 0.05) is 0 Å². The van der Waals surface area contributed by atoms with Crippen LogP contribution in [0.25, 0.3) is 0 Å². The Kier molecular flexibility index (Phi) is 2.26. The standard InChI is InChI=1S/C9H8FO/c1-3-7-4-5-9(11-2)8(10)6-7/h4-6H,1H2,2H3. The smallest absolute Gasteiger partial charge is 0.165 e. The Bertz CT molecular complexity index is 268. The van der Waals surface area contributed by atoms with E-state index in [9.17, 15) is 4.39 Å². The normalized spacial score (nSPS) is 9.27. The topological polar surface area (TPSA) is 9.23 Å². The van der Waals surface area contributed by atoms with E-state index in [2.05, 4.69) is 12.7 Å². The van der Waals surface area contributed by atoms with Crippen LogP contribution in [0.4, 0.5) is 4.39 Å². The zero-order valence-electron chi connectivity index (χ0n) is 6.23. The van der Waals surface area contributed by atoms with Gasteiger partial charge in [-0.25, -0.2) is 4.39 Å². The van der Waals surface area contributed by atoms with Crippen LogP contribution in [-0.4, -0.2) is 7.11 Å². The summed E-state index contributed by atoms with van der Waals surface area (Å²) in [5.74, 6) is -0.148. The molecule has 0 atom stereocenters. The maximum Gasteiger partial charge on any atom is 0.165 e. The van der Waals surface area contributed by atoms with E-state index in [4.69, 9.17) is 4.74 Å². The van der Waals surface area contributed by atoms with Gasteiger partial charge in [0.15, 0.2) is 11.6 Å². The highest BCUT2D eigenvalue weighted by Gasteiger charge is 2.00. The summed E-state index contributed by atoms with van der Waals surface area (Å²) in [7, 11) is 1.43. The zero-order chi connectivity index (χ0) is 8.27. The molecule has 0 fully saturated rings. The molecular weight excluding hydrogens is 143 g/mol. The van der Waals surface area contributed by atoms with Crippen LogP contribution in [0.5, 0.6) is 5.75 Å². The highest BCUT2D eigenvalue weighted by Crippen LogP contribution is 2.17. The summed E-state index contributed by atoms with van der Waals surface area (Å²) in [6.07, 6.45) is 2.57. The van der Waals surface area contributed by atoms with Gasteiger partial charge in [0.1, 0.15) is 0 Å². The monoisotopic (exact) mass is 151 g/mol. The van der Waals surface area contributed by atoms with Crippen LogP contribution in [0.2, 0.25) is 0 Å². The van der Waals surface area contributed by atoms with Gasteiger partial charge in [0.05, 0.1) is 7.11 Å². The number of hydrogen-bond donors (Lipinski definition) is 0. The fourth-order valence-electron chi connectivity index (χ4n) is 0.776. The number of methoxy groups -OCH3 is 1. The molecule has 0 heterocycles. The van der Waals surface area contributed by atoms with Crippen molar-refractivity contribution < 1.29 is 9.13 Å². The quantitative estimate of drug-likeness (QED) is 0.629. The molecule has 2 heteroatoms. The molecule has 1 aromatic rings. The van der Waals surface area contributed by atoms with Gasteiger partial charge in [-0.3, -0.25) is 0 Å². The molecule has 0 aromatic heterocycles. The molecule has 0 saturated carbocycles. The number of hydrogen-bond acceptors (Lipinski definition) is 1. The van der Waals surface area contributed by atoms with Crippen LogP contribution in [0.3, 0.4) is 0 Å². The highest BCUT2D eigenvalue weighted by molar-refractivity contribution is 5.31. The molecule has 57 valence electrons. The van der Waals surface area contributed by atoms with Crippen molar-refractivity contribution in [2.24, 2.45) is 0 Å². The lowest BCUT2D eigenvalue weighted by atomic mass is 10.2. The lowest BCUT2D eigenvalue weighted by Crippen LogP contribution is -1.87. The number of benzene rings is 1. The number of halogens is 1. The molecule has 0 aliphatic carbocycles. The summed E-state index contributed by atoms with van der Waals surface area (Å²) in [4.78, 5) is 0. The first-order valence-corrected chi connectivity index (χ1v) is 3.14. The predicted molar refractivity (Wildman–Crippen MR) is 40.9 cm³/mol. The molecule has 1 nitrogen and oxygen atoms in total. The molecular formula is C9H8FO. The molecule has 0 aliphatic heterocycles. The molecule has 1 radical (unpaired) electrons. The summed E-state index contributed by atoms with van der Waals surface area (Å²) in [6.45, 7) is 3.40. The van der Waals surface area contributed by atoms with Crippen molar-refractivity contribution in [2.75, 3.05) is 7.11 Å². The van der Waals surface area contributed by atoms with E-state index in [1.807, 2.05) is 0 Å². The van der Waals surface area contributed by atoms with Crippen LogP contribution < -0.4 is 4.74 Å². The number of rotatable bonds is 2. The van der Waals surface area contributed by atoms with E-state index in [1.54, 1.807) is 12.1 Å². The Morgan fingerprint density at radius 1 is 1.55 bits per heavy atom. The molecule has 0 aliphatic rings. The van der Waals surface area contributed by atoms with Crippen LogP contribution in [0.1, 0.15) is 5.56 Å². The van der Waals surface area contributed by atoms with Gasteiger partial charge in [-0.1, -0.05) is 12.6 Å². The maximum absolute atomic E-state index is 12.8. The Balaban J connectivity index is 3.09. The van der Waals surface area contributed by atoms with E-state index in [-0.39, 0.29) is 11.6 Å². The van der Waals surface area contributed by atoms with Crippen LogP contribution in [-0.2, 0) is 0 Å². The minimum atomic E-state index is -0.388. The zero-order valence-corrected chi connectivity index (χ0v) is 6.23. The largest absolute Gasteiger partial charge is 0.494 e. The van der Waals surface area contributed by atoms with Crippen molar-refractivity contribution in [3.63, 3.8) is 0 Å². The van der Waals surface area contributed by atoms with Gasteiger partial charge >= 0.3 is 0 Å². The fraction of sp³-hybridized carbons (Fsp3) is 0.111. The van der Waals surface area contributed by atoms with Crippen molar-refractivity contribution in [3.05, 3.63) is 42.2 Å². The predicted octanol–water partition coefficient (Wildman–Crippen LogP) is 2.17. The van der Waals surface area contributed by atoms with Gasteiger partial charge in [0.2, 0.25) is 0 Å². The minimum Gasteiger partial charge on any atom is -0.494 e. The van der Waals surface area contributed by atoms with Crippen molar-refractivity contribution >= 4 is 0 Å². The Morgan fingerprint density at radius 2 is 2.27 bits per heavy atom. The first-order chi connectivity index (χ1) is 5.27. The highest BCUT2D eigenvalue weighted by atomic mass is 19.1. The maximum atomic E-state index is 12.8. The molecule has 0 spiro atoms. The van der Waals surface area contributed by atoms with E-state index in [0.29, 0.717) is 5.56 Å². The Labute approximate surface area is 65.1 Å². The Morgan fingerprint density at radius 3 is 2.73 bits per heavy atom. The van der Waals surface area contributed by atoms with Crippen molar-refractivity contribution in [1.82, 2.24) is 0 Å². The Hall–Kier alpha value is -1.31. The third-order valence-electron chi connectivity index (χ3n) is 1.36. The van der Waals surface area contributed by atoms with E-state index < -0.39 is 0 Å². The average molecular weight is 151 g/mol. The SMILES string of the molecule is C=[C]c1ccc(OC)c(F)c1. The third kappa shape index (κ3) is 1.58. The van der Waals surface area contributed by atoms with Crippen molar-refractivity contribution in [1.29, 1.82) is 0 Å². The fourth-order valence-corrected chi connectivity index (χ4v) is 0.776. The molecule has 0 bridgehead atoms. The van der Waals surface area contributed by atoms with Gasteiger partial charge in [-0.05, 0) is 23.8 Å². The van der Waals surface area contributed by atoms with Crippen LogP contribution in [0, 0.1) is 11.9 Å². The molecule has 0 saturated heterocycles. The van der Waals surface area contributed by atoms with Crippen LogP contribution >= 0.6 is 0 Å². The number of ether oxygens (including phenoxy) is 1. The average Bonchev–Trinajstić information content (AvgIpc) is 2.04. The van der Waals surface area contributed by atoms with Crippen LogP contribution in [0.15, 0.2) is 24.8 Å². The first kappa shape index (κ1) is 7.79. The van der Waals surface area contributed by atoms with Crippen molar-refractivity contribution in [3.8, 4) is 5.75 Å². The van der Waals surface area contributed by atoms with Gasteiger partial charge in [-0.15, -0.1) is 0 Å². The van der Waals surface area contributed by atoms with E-state index in [1.165, 1.54) is 13.2 Å². The summed E-state index contributed by atoms with van der Waals surface area (Å²) < 4.78 is 17.6. The van der Waals surface area contributed by atoms with Gasteiger partial charge in [-0.2, -0.15) is 0 Å². The minimum absolute atomic E-state index is 0.240. The molecule has 0 N–H and O–H groups in total. The second kappa shape index (κ2) is 3.19. The summed E-state index contributed by atoms with van der Waals surface area (Å²) in [6, 6.07) is 4.56. The third-order valence-corrected chi connectivity index (χ3v) is 1.36. The molecule has 0 unspecified atom stereocenters. The second-order valence-electron chi connectivity index (χ2n) is 2.03.